The maximum absolute atomic E-state index is 13.1. The van der Waals surface area contributed by atoms with E-state index in [9.17, 15) is 9.18 Å². The topological polar surface area (TPSA) is 46.3 Å². The molecule has 0 bridgehead atoms. The minimum Gasteiger partial charge on any atom is -0.336 e. The number of benzene rings is 1. The second-order valence-corrected chi connectivity index (χ2v) is 5.16. The molecule has 1 fully saturated rings. The maximum atomic E-state index is 13.1. The number of carbonyl (C=O) groups is 1. The van der Waals surface area contributed by atoms with Gasteiger partial charge in [-0.1, -0.05) is 12.1 Å². The molecule has 0 aliphatic carbocycles. The van der Waals surface area contributed by atoms with E-state index < -0.39 is 0 Å². The van der Waals surface area contributed by atoms with E-state index in [1.807, 2.05) is 11.8 Å². The predicted octanol–water partition coefficient (Wildman–Crippen LogP) is 1.71. The average molecular weight is 250 g/mol. The zero-order valence-electron chi connectivity index (χ0n) is 10.7. The molecule has 2 rings (SSSR count). The van der Waals surface area contributed by atoms with Crippen LogP contribution in [0.3, 0.4) is 0 Å². The minimum absolute atomic E-state index is 0.0334. The Kier molecular flexibility index (Phi) is 3.66. The highest BCUT2D eigenvalue weighted by molar-refractivity contribution is 5.79. The Morgan fingerprint density at radius 2 is 2.33 bits per heavy atom. The molecule has 1 heterocycles. The van der Waals surface area contributed by atoms with Gasteiger partial charge in [0.05, 0.1) is 12.0 Å². The Hall–Kier alpha value is -1.42. The van der Waals surface area contributed by atoms with E-state index in [0.29, 0.717) is 12.1 Å². The van der Waals surface area contributed by atoms with Crippen molar-refractivity contribution in [2.75, 3.05) is 13.1 Å². The molecule has 98 valence electrons. The van der Waals surface area contributed by atoms with Crippen LogP contribution in [0.25, 0.3) is 0 Å². The first-order valence-corrected chi connectivity index (χ1v) is 6.30. The van der Waals surface area contributed by atoms with Crippen molar-refractivity contribution in [1.29, 1.82) is 0 Å². The minimum atomic E-state index is -0.302. The van der Waals surface area contributed by atoms with Crippen LogP contribution in [-0.2, 0) is 11.2 Å². The summed E-state index contributed by atoms with van der Waals surface area (Å²) >= 11 is 0. The number of hydrogen-bond donors (Lipinski definition) is 1. The SMILES string of the molecule is CC1(CN)CCCN1C(=O)Cc1cccc(F)c1. The van der Waals surface area contributed by atoms with E-state index in [-0.39, 0.29) is 23.7 Å². The smallest absolute Gasteiger partial charge is 0.227 e. The Morgan fingerprint density at radius 3 is 3.00 bits per heavy atom. The van der Waals surface area contributed by atoms with Crippen molar-refractivity contribution in [3.05, 3.63) is 35.6 Å². The highest BCUT2D eigenvalue weighted by Gasteiger charge is 2.37. The van der Waals surface area contributed by atoms with Gasteiger partial charge in [0.2, 0.25) is 5.91 Å². The van der Waals surface area contributed by atoms with Crippen LogP contribution in [0.5, 0.6) is 0 Å². The summed E-state index contributed by atoms with van der Waals surface area (Å²) in [6.07, 6.45) is 2.17. The van der Waals surface area contributed by atoms with Gasteiger partial charge in [-0.15, -0.1) is 0 Å². The van der Waals surface area contributed by atoms with Crippen molar-refractivity contribution < 1.29 is 9.18 Å². The van der Waals surface area contributed by atoms with E-state index in [2.05, 4.69) is 0 Å². The Bertz CT molecular complexity index is 449. The fourth-order valence-electron chi connectivity index (χ4n) is 2.58. The summed E-state index contributed by atoms with van der Waals surface area (Å²) in [6, 6.07) is 6.20. The lowest BCUT2D eigenvalue weighted by Crippen LogP contribution is -2.50. The summed E-state index contributed by atoms with van der Waals surface area (Å²) in [6.45, 7) is 3.24. The molecule has 0 radical (unpaired) electrons. The van der Waals surface area contributed by atoms with Crippen molar-refractivity contribution in [1.82, 2.24) is 4.90 Å². The number of nitrogens with two attached hydrogens (primary N) is 1. The number of hydrogen-bond acceptors (Lipinski definition) is 2. The van der Waals surface area contributed by atoms with Gasteiger partial charge in [0.1, 0.15) is 5.82 Å². The highest BCUT2D eigenvalue weighted by atomic mass is 19.1. The number of halogens is 1. The van der Waals surface area contributed by atoms with E-state index in [1.165, 1.54) is 12.1 Å². The molecule has 1 aliphatic heterocycles. The molecule has 3 nitrogen and oxygen atoms in total. The fraction of sp³-hybridized carbons (Fsp3) is 0.500. The molecule has 1 saturated heterocycles. The molecule has 1 atom stereocenters. The predicted molar refractivity (Wildman–Crippen MR) is 68.5 cm³/mol. The Balaban J connectivity index is 2.08. The van der Waals surface area contributed by atoms with E-state index in [1.54, 1.807) is 12.1 Å². The molecule has 4 heteroatoms. The summed E-state index contributed by atoms with van der Waals surface area (Å²) in [4.78, 5) is 14.1. The quantitative estimate of drug-likeness (QED) is 0.887. The van der Waals surface area contributed by atoms with Crippen molar-refractivity contribution >= 4 is 5.91 Å². The van der Waals surface area contributed by atoms with Gasteiger partial charge >= 0.3 is 0 Å². The molecule has 1 aliphatic rings. The van der Waals surface area contributed by atoms with Crippen LogP contribution in [0.1, 0.15) is 25.3 Å². The first-order chi connectivity index (χ1) is 8.55. The first-order valence-electron chi connectivity index (χ1n) is 6.30. The molecule has 1 aromatic rings. The third-order valence-corrected chi connectivity index (χ3v) is 3.73. The summed E-state index contributed by atoms with van der Waals surface area (Å²) in [7, 11) is 0. The molecule has 1 amide bonds. The summed E-state index contributed by atoms with van der Waals surface area (Å²) in [5.74, 6) is -0.269. The maximum Gasteiger partial charge on any atom is 0.227 e. The Morgan fingerprint density at radius 1 is 1.56 bits per heavy atom. The Labute approximate surface area is 107 Å². The molecule has 1 unspecified atom stereocenters. The number of likely N-dealkylation sites (tertiary alicyclic amines) is 1. The first kappa shape index (κ1) is 13.0. The van der Waals surface area contributed by atoms with Gasteiger partial charge in [0.15, 0.2) is 0 Å². The number of nitrogens with zero attached hydrogens (tertiary/aromatic N) is 1. The molecule has 0 saturated carbocycles. The molecule has 2 N–H and O–H groups in total. The lowest BCUT2D eigenvalue weighted by molar-refractivity contribution is -0.133. The second kappa shape index (κ2) is 5.06. The van der Waals surface area contributed by atoms with Gasteiger partial charge in [-0.2, -0.15) is 0 Å². The van der Waals surface area contributed by atoms with Gasteiger partial charge < -0.3 is 10.6 Å². The third-order valence-electron chi connectivity index (χ3n) is 3.73. The molecule has 0 spiro atoms. The largest absolute Gasteiger partial charge is 0.336 e. The zero-order valence-corrected chi connectivity index (χ0v) is 10.7. The van der Waals surface area contributed by atoms with Crippen LogP contribution < -0.4 is 5.73 Å². The zero-order chi connectivity index (χ0) is 13.2. The normalized spacial score (nSPS) is 23.4. The molecule has 18 heavy (non-hydrogen) atoms. The average Bonchev–Trinajstić information content (AvgIpc) is 2.72. The number of carbonyl (C=O) groups excluding carboxylic acids is 1. The van der Waals surface area contributed by atoms with Crippen molar-refractivity contribution in [2.45, 2.75) is 31.7 Å². The van der Waals surface area contributed by atoms with Crippen LogP contribution in [0.2, 0.25) is 0 Å². The number of amides is 1. The second-order valence-electron chi connectivity index (χ2n) is 5.16. The lowest BCUT2D eigenvalue weighted by atomic mass is 9.98. The molecular weight excluding hydrogens is 231 g/mol. The van der Waals surface area contributed by atoms with Crippen LogP contribution >= 0.6 is 0 Å². The molecular formula is C14H19FN2O. The van der Waals surface area contributed by atoms with Crippen molar-refractivity contribution in [3.8, 4) is 0 Å². The standard InChI is InChI=1S/C14H19FN2O/c1-14(10-16)6-3-7-17(14)13(18)9-11-4-2-5-12(15)8-11/h2,4-5,8H,3,6-7,9-10,16H2,1H3. The van der Waals surface area contributed by atoms with Gasteiger partial charge in [-0.25, -0.2) is 4.39 Å². The van der Waals surface area contributed by atoms with Gasteiger partial charge in [0.25, 0.3) is 0 Å². The third kappa shape index (κ3) is 2.53. The summed E-state index contributed by atoms with van der Waals surface area (Å²) in [5, 5.41) is 0. The summed E-state index contributed by atoms with van der Waals surface area (Å²) < 4.78 is 13.1. The van der Waals surface area contributed by atoms with Gasteiger partial charge in [0, 0.05) is 13.1 Å². The summed E-state index contributed by atoms with van der Waals surface area (Å²) in [5.41, 5.74) is 6.24. The van der Waals surface area contributed by atoms with E-state index >= 15 is 0 Å². The monoisotopic (exact) mass is 250 g/mol. The van der Waals surface area contributed by atoms with E-state index in [4.69, 9.17) is 5.73 Å². The van der Waals surface area contributed by atoms with E-state index in [0.717, 1.165) is 19.4 Å². The van der Waals surface area contributed by atoms with Crippen molar-refractivity contribution in [2.24, 2.45) is 5.73 Å². The highest BCUT2D eigenvalue weighted by Crippen LogP contribution is 2.28. The molecule has 1 aromatic carbocycles. The van der Waals surface area contributed by atoms with Crippen molar-refractivity contribution in [3.63, 3.8) is 0 Å². The molecule has 0 aromatic heterocycles. The lowest BCUT2D eigenvalue weighted by Gasteiger charge is -2.34. The number of rotatable bonds is 3. The van der Waals surface area contributed by atoms with Crippen LogP contribution in [0, 0.1) is 5.82 Å². The van der Waals surface area contributed by atoms with Gasteiger partial charge in [-0.3, -0.25) is 4.79 Å². The van der Waals surface area contributed by atoms with Gasteiger partial charge in [-0.05, 0) is 37.5 Å². The van der Waals surface area contributed by atoms with Crippen LogP contribution in [0.4, 0.5) is 4.39 Å². The van der Waals surface area contributed by atoms with Crippen LogP contribution in [-0.4, -0.2) is 29.4 Å². The fourth-order valence-corrected chi connectivity index (χ4v) is 2.58. The van der Waals surface area contributed by atoms with Crippen LogP contribution in [0.15, 0.2) is 24.3 Å².